The minimum Gasteiger partial charge on any atom is -0.310 e. The molecule has 0 unspecified atom stereocenters. The topological polar surface area (TPSA) is 3.24 Å². The van der Waals surface area contributed by atoms with Gasteiger partial charge in [-0.25, -0.2) is 0 Å². The molecule has 10 rings (SSSR count). The Bertz CT molecular complexity index is 2890. The summed E-state index contributed by atoms with van der Waals surface area (Å²) in [5.74, 6) is 0. The Morgan fingerprint density at radius 2 is 0.649 bits per heavy atom. The monoisotopic (exact) mass is 725 g/mol. The van der Waals surface area contributed by atoms with Crippen LogP contribution in [0.5, 0.6) is 0 Å². The Balaban J connectivity index is 1.07. The Morgan fingerprint density at radius 3 is 1.23 bits per heavy atom. The van der Waals surface area contributed by atoms with E-state index in [9.17, 15) is 0 Å². The Morgan fingerprint density at radius 1 is 0.246 bits per heavy atom. The maximum Gasteiger partial charge on any atom is 0.0546 e. The van der Waals surface area contributed by atoms with Crippen LogP contribution >= 0.6 is 0 Å². The molecule has 0 atom stereocenters. The molecule has 57 heavy (non-hydrogen) atoms. The molecule has 268 valence electrons. The zero-order valence-corrected chi connectivity index (χ0v) is 31.5. The molecule has 10 aromatic carbocycles. The number of fused-ring (bicyclic) bond motifs is 3. The van der Waals surface area contributed by atoms with Crippen molar-refractivity contribution >= 4 is 38.6 Å². The van der Waals surface area contributed by atoms with E-state index in [2.05, 4.69) is 241 Å². The number of rotatable bonds is 8. The van der Waals surface area contributed by atoms with Gasteiger partial charge in [-0.1, -0.05) is 194 Å². The molecule has 0 amide bonds. The Hall–Kier alpha value is -7.48. The van der Waals surface area contributed by atoms with E-state index in [1.165, 1.54) is 77.2 Å². The van der Waals surface area contributed by atoms with Crippen molar-refractivity contribution in [2.75, 3.05) is 4.90 Å². The zero-order valence-electron chi connectivity index (χ0n) is 31.5. The van der Waals surface area contributed by atoms with Crippen LogP contribution in [-0.4, -0.2) is 0 Å². The summed E-state index contributed by atoms with van der Waals surface area (Å²) >= 11 is 0. The van der Waals surface area contributed by atoms with Crippen molar-refractivity contribution in [1.29, 1.82) is 0 Å². The molecular weight excluding hydrogens is 687 g/mol. The van der Waals surface area contributed by atoms with Crippen LogP contribution in [0.3, 0.4) is 0 Å². The third-order valence-electron chi connectivity index (χ3n) is 11.0. The first kappa shape index (κ1) is 34.0. The standard InChI is InChI=1S/C56H39N/c1-5-17-40(18-6-1)47-37-53(43-19-7-2-8-20-43)56(54(38-47)44-21-9-3-10-22-44)45-31-29-41(30-32-45)42-33-35-49(36-34-42)57(48-24-11-4-12-25-48)55-39-46-23-13-14-26-50(46)51-27-15-16-28-52(51)55/h1-39H. The van der Waals surface area contributed by atoms with E-state index >= 15 is 0 Å². The van der Waals surface area contributed by atoms with E-state index in [4.69, 9.17) is 0 Å². The largest absolute Gasteiger partial charge is 0.310 e. The lowest BCUT2D eigenvalue weighted by atomic mass is 9.84. The molecule has 0 fully saturated rings. The van der Waals surface area contributed by atoms with Gasteiger partial charge < -0.3 is 4.90 Å². The van der Waals surface area contributed by atoms with Crippen LogP contribution in [0.4, 0.5) is 17.1 Å². The average molecular weight is 726 g/mol. The van der Waals surface area contributed by atoms with Gasteiger partial charge in [0.25, 0.3) is 0 Å². The molecule has 0 saturated carbocycles. The minimum absolute atomic E-state index is 1.11. The second-order valence-electron chi connectivity index (χ2n) is 14.5. The summed E-state index contributed by atoms with van der Waals surface area (Å²) in [6.45, 7) is 0. The molecule has 1 heteroatoms. The molecule has 0 heterocycles. The third-order valence-corrected chi connectivity index (χ3v) is 11.0. The number of nitrogens with zero attached hydrogens (tertiary/aromatic N) is 1. The molecule has 0 aliphatic rings. The fourth-order valence-electron chi connectivity index (χ4n) is 8.30. The van der Waals surface area contributed by atoms with Crippen molar-refractivity contribution in [3.8, 4) is 55.6 Å². The quantitative estimate of drug-likeness (QED) is 0.141. The fourth-order valence-corrected chi connectivity index (χ4v) is 8.30. The van der Waals surface area contributed by atoms with E-state index in [-0.39, 0.29) is 0 Å². The van der Waals surface area contributed by atoms with Gasteiger partial charge in [0.05, 0.1) is 5.69 Å². The summed E-state index contributed by atoms with van der Waals surface area (Å²) in [6.07, 6.45) is 0. The Kier molecular flexibility index (Phi) is 8.95. The van der Waals surface area contributed by atoms with E-state index < -0.39 is 0 Å². The zero-order chi connectivity index (χ0) is 38.0. The first-order valence-electron chi connectivity index (χ1n) is 19.6. The number of hydrogen-bond acceptors (Lipinski definition) is 1. The lowest BCUT2D eigenvalue weighted by Gasteiger charge is -2.27. The molecule has 0 saturated heterocycles. The molecule has 0 N–H and O–H groups in total. The van der Waals surface area contributed by atoms with Crippen LogP contribution in [0.15, 0.2) is 237 Å². The highest BCUT2D eigenvalue weighted by Gasteiger charge is 2.19. The number of para-hydroxylation sites is 1. The molecular formula is C56H39N. The maximum atomic E-state index is 2.39. The second-order valence-corrected chi connectivity index (χ2v) is 14.5. The lowest BCUT2D eigenvalue weighted by molar-refractivity contribution is 1.30. The summed E-state index contributed by atoms with van der Waals surface area (Å²) in [5, 5.41) is 4.97. The number of benzene rings is 10. The summed E-state index contributed by atoms with van der Waals surface area (Å²) in [6, 6.07) is 85.6. The Labute approximate surface area is 334 Å². The molecule has 1 nitrogen and oxygen atoms in total. The van der Waals surface area contributed by atoms with Gasteiger partial charge in [-0.3, -0.25) is 0 Å². The number of hydrogen-bond donors (Lipinski definition) is 0. The maximum absolute atomic E-state index is 2.39. The van der Waals surface area contributed by atoms with Gasteiger partial charge in [-0.15, -0.1) is 0 Å². The van der Waals surface area contributed by atoms with Gasteiger partial charge in [-0.2, -0.15) is 0 Å². The molecule has 0 aliphatic carbocycles. The van der Waals surface area contributed by atoms with Crippen LogP contribution in [0.25, 0.3) is 77.2 Å². The van der Waals surface area contributed by atoms with Crippen molar-refractivity contribution < 1.29 is 0 Å². The van der Waals surface area contributed by atoms with E-state index in [0.29, 0.717) is 0 Å². The molecule has 0 spiro atoms. The number of anilines is 3. The average Bonchev–Trinajstić information content (AvgIpc) is 3.30. The molecule has 0 bridgehead atoms. The summed E-state index contributed by atoms with van der Waals surface area (Å²) in [4.78, 5) is 2.39. The van der Waals surface area contributed by atoms with Crippen molar-refractivity contribution in [1.82, 2.24) is 0 Å². The summed E-state index contributed by atoms with van der Waals surface area (Å²) in [5.41, 5.74) is 15.4. The van der Waals surface area contributed by atoms with Crippen LogP contribution in [0, 0.1) is 0 Å². The van der Waals surface area contributed by atoms with Crippen LogP contribution < -0.4 is 4.90 Å². The highest BCUT2D eigenvalue weighted by Crippen LogP contribution is 2.45. The predicted octanol–water partition coefficient (Wildman–Crippen LogP) is 15.8. The van der Waals surface area contributed by atoms with Gasteiger partial charge in [0.15, 0.2) is 0 Å². The van der Waals surface area contributed by atoms with Crippen molar-refractivity contribution in [2.24, 2.45) is 0 Å². The summed E-state index contributed by atoms with van der Waals surface area (Å²) in [7, 11) is 0. The molecule has 0 radical (unpaired) electrons. The first-order valence-corrected chi connectivity index (χ1v) is 19.6. The fraction of sp³-hybridized carbons (Fsp3) is 0. The van der Waals surface area contributed by atoms with Gasteiger partial charge in [0.1, 0.15) is 0 Å². The van der Waals surface area contributed by atoms with Gasteiger partial charge >= 0.3 is 0 Å². The SMILES string of the molecule is c1ccc(-c2cc(-c3ccccc3)c(-c3ccc(-c4ccc(N(c5ccccc5)c5cc6ccccc6c6ccccc56)cc4)cc3)c(-c3ccccc3)c2)cc1. The third kappa shape index (κ3) is 6.56. The van der Waals surface area contributed by atoms with E-state index in [0.717, 1.165) is 17.1 Å². The van der Waals surface area contributed by atoms with Gasteiger partial charge in [0, 0.05) is 16.8 Å². The van der Waals surface area contributed by atoms with E-state index in [1.807, 2.05) is 0 Å². The highest BCUT2D eigenvalue weighted by atomic mass is 15.1. The van der Waals surface area contributed by atoms with Gasteiger partial charge in [0.2, 0.25) is 0 Å². The lowest BCUT2D eigenvalue weighted by Crippen LogP contribution is -2.10. The second kappa shape index (κ2) is 15.0. The smallest absolute Gasteiger partial charge is 0.0546 e. The van der Waals surface area contributed by atoms with Crippen LogP contribution in [0.2, 0.25) is 0 Å². The van der Waals surface area contributed by atoms with Gasteiger partial charge in [-0.05, 0) is 114 Å². The van der Waals surface area contributed by atoms with Crippen LogP contribution in [0.1, 0.15) is 0 Å². The van der Waals surface area contributed by atoms with Crippen molar-refractivity contribution in [2.45, 2.75) is 0 Å². The van der Waals surface area contributed by atoms with E-state index in [1.54, 1.807) is 0 Å². The van der Waals surface area contributed by atoms with Crippen molar-refractivity contribution in [3.63, 3.8) is 0 Å². The normalized spacial score (nSPS) is 11.2. The highest BCUT2D eigenvalue weighted by molar-refractivity contribution is 6.14. The predicted molar refractivity (Wildman–Crippen MR) is 243 cm³/mol. The molecule has 0 aliphatic heterocycles. The molecule has 0 aromatic heterocycles. The molecule has 10 aromatic rings. The minimum atomic E-state index is 1.11. The van der Waals surface area contributed by atoms with Crippen LogP contribution in [-0.2, 0) is 0 Å². The summed E-state index contributed by atoms with van der Waals surface area (Å²) < 4.78 is 0. The van der Waals surface area contributed by atoms with Crippen molar-refractivity contribution in [3.05, 3.63) is 237 Å². The first-order chi connectivity index (χ1) is 28.3.